The fraction of sp³-hybridized carbons (Fsp3) is 0.600. The van der Waals surface area contributed by atoms with Crippen molar-refractivity contribution >= 4 is 0 Å². The van der Waals surface area contributed by atoms with Crippen LogP contribution in [0.5, 0.6) is 5.88 Å². The van der Waals surface area contributed by atoms with Crippen LogP contribution in [0, 0.1) is 5.92 Å². The Morgan fingerprint density at radius 3 is 2.71 bits per heavy atom. The van der Waals surface area contributed by atoms with Crippen LogP contribution in [0.1, 0.15) is 24.5 Å². The third-order valence-corrected chi connectivity index (χ3v) is 2.96. The Labute approximate surface area is 83.5 Å². The van der Waals surface area contributed by atoms with Gasteiger partial charge in [-0.2, -0.15) is 0 Å². The van der Waals surface area contributed by atoms with Gasteiger partial charge in [-0.05, 0) is 25.3 Å². The smallest absolute Gasteiger partial charge is 0.231 e. The Kier molecular flexibility index (Phi) is 2.63. The molecule has 1 aliphatic carbocycles. The van der Waals surface area contributed by atoms with Gasteiger partial charge in [0.2, 0.25) is 5.88 Å². The predicted molar refractivity (Wildman–Crippen MR) is 53.1 cm³/mol. The first-order valence-electron chi connectivity index (χ1n) is 4.91. The Balaban J connectivity index is 2.09. The SMILES string of the molecule is COc1cnc(C2CCC2CN)cn1. The fourth-order valence-electron chi connectivity index (χ4n) is 1.86. The number of methoxy groups -OCH3 is 1. The molecule has 0 aromatic carbocycles. The van der Waals surface area contributed by atoms with Gasteiger partial charge in [0.1, 0.15) is 0 Å². The normalized spacial score (nSPS) is 25.6. The number of rotatable bonds is 3. The number of nitrogens with two attached hydrogens (primary N) is 1. The van der Waals surface area contributed by atoms with E-state index in [0.717, 1.165) is 12.2 Å². The van der Waals surface area contributed by atoms with Crippen molar-refractivity contribution in [1.29, 1.82) is 0 Å². The summed E-state index contributed by atoms with van der Waals surface area (Å²) in [6.07, 6.45) is 5.87. The molecule has 0 radical (unpaired) electrons. The van der Waals surface area contributed by atoms with Crippen LogP contribution >= 0.6 is 0 Å². The van der Waals surface area contributed by atoms with E-state index in [2.05, 4.69) is 9.97 Å². The molecule has 4 heteroatoms. The lowest BCUT2D eigenvalue weighted by Gasteiger charge is -2.34. The lowest BCUT2D eigenvalue weighted by molar-refractivity contribution is 0.257. The van der Waals surface area contributed by atoms with Gasteiger partial charge in [0.15, 0.2) is 0 Å². The highest BCUT2D eigenvalue weighted by Crippen LogP contribution is 2.40. The minimum absolute atomic E-state index is 0.512. The topological polar surface area (TPSA) is 61.0 Å². The van der Waals surface area contributed by atoms with Crippen LogP contribution in [-0.4, -0.2) is 23.6 Å². The Morgan fingerprint density at radius 2 is 2.29 bits per heavy atom. The summed E-state index contributed by atoms with van der Waals surface area (Å²) < 4.78 is 4.96. The summed E-state index contributed by atoms with van der Waals surface area (Å²) in [6.45, 7) is 0.748. The van der Waals surface area contributed by atoms with Crippen molar-refractivity contribution in [1.82, 2.24) is 9.97 Å². The molecule has 2 unspecified atom stereocenters. The van der Waals surface area contributed by atoms with Crippen molar-refractivity contribution in [2.45, 2.75) is 18.8 Å². The largest absolute Gasteiger partial charge is 0.480 e. The molecular formula is C10H15N3O. The molecule has 0 saturated heterocycles. The second-order valence-electron chi connectivity index (χ2n) is 3.66. The Bertz CT molecular complexity index is 297. The van der Waals surface area contributed by atoms with E-state index >= 15 is 0 Å². The second kappa shape index (κ2) is 3.92. The van der Waals surface area contributed by atoms with Gasteiger partial charge in [0.25, 0.3) is 0 Å². The summed E-state index contributed by atoms with van der Waals surface area (Å²) in [5.74, 6) is 1.67. The van der Waals surface area contributed by atoms with Gasteiger partial charge in [-0.1, -0.05) is 0 Å². The van der Waals surface area contributed by atoms with E-state index in [1.165, 1.54) is 12.8 Å². The van der Waals surface area contributed by atoms with Crippen molar-refractivity contribution in [2.75, 3.05) is 13.7 Å². The molecule has 1 aromatic rings. The standard InChI is InChI=1S/C10H15N3O/c1-14-10-6-12-9(5-13-10)8-3-2-7(8)4-11/h5-8H,2-4,11H2,1H3. The second-order valence-corrected chi connectivity index (χ2v) is 3.66. The van der Waals surface area contributed by atoms with Crippen LogP contribution in [-0.2, 0) is 0 Å². The zero-order chi connectivity index (χ0) is 9.97. The van der Waals surface area contributed by atoms with E-state index in [0.29, 0.717) is 17.7 Å². The summed E-state index contributed by atoms with van der Waals surface area (Å²) in [4.78, 5) is 8.47. The average molecular weight is 193 g/mol. The molecule has 0 aliphatic heterocycles. The highest BCUT2D eigenvalue weighted by atomic mass is 16.5. The summed E-state index contributed by atoms with van der Waals surface area (Å²) in [5.41, 5.74) is 6.69. The molecule has 0 bridgehead atoms. The van der Waals surface area contributed by atoms with Crippen LogP contribution in [0.4, 0.5) is 0 Å². The number of hydrogen-bond donors (Lipinski definition) is 1. The quantitative estimate of drug-likeness (QED) is 0.776. The summed E-state index contributed by atoms with van der Waals surface area (Å²) in [5, 5.41) is 0. The molecule has 1 saturated carbocycles. The van der Waals surface area contributed by atoms with E-state index in [9.17, 15) is 0 Å². The molecular weight excluding hydrogens is 178 g/mol. The van der Waals surface area contributed by atoms with E-state index < -0.39 is 0 Å². The average Bonchev–Trinajstić information content (AvgIpc) is 2.18. The van der Waals surface area contributed by atoms with Crippen molar-refractivity contribution in [2.24, 2.45) is 11.7 Å². The monoisotopic (exact) mass is 193 g/mol. The molecule has 2 atom stereocenters. The molecule has 1 heterocycles. The summed E-state index contributed by atoms with van der Waals surface area (Å²) in [6, 6.07) is 0. The van der Waals surface area contributed by atoms with Gasteiger partial charge < -0.3 is 10.5 Å². The maximum atomic E-state index is 5.64. The van der Waals surface area contributed by atoms with Crippen molar-refractivity contribution < 1.29 is 4.74 Å². The Morgan fingerprint density at radius 1 is 1.43 bits per heavy atom. The molecule has 1 fully saturated rings. The van der Waals surface area contributed by atoms with Crippen molar-refractivity contribution in [3.63, 3.8) is 0 Å². The van der Waals surface area contributed by atoms with Crippen molar-refractivity contribution in [3.8, 4) is 5.88 Å². The minimum atomic E-state index is 0.512. The maximum absolute atomic E-state index is 5.64. The predicted octanol–water partition coefficient (Wildman–Crippen LogP) is 0.938. The van der Waals surface area contributed by atoms with Crippen LogP contribution in [0.15, 0.2) is 12.4 Å². The molecule has 1 aliphatic rings. The maximum Gasteiger partial charge on any atom is 0.231 e. The number of aromatic nitrogens is 2. The lowest BCUT2D eigenvalue weighted by atomic mass is 9.72. The zero-order valence-electron chi connectivity index (χ0n) is 8.31. The highest BCUT2D eigenvalue weighted by Gasteiger charge is 2.31. The lowest BCUT2D eigenvalue weighted by Crippen LogP contribution is -2.31. The van der Waals surface area contributed by atoms with E-state index in [-0.39, 0.29) is 0 Å². The van der Waals surface area contributed by atoms with Crippen LogP contribution in [0.2, 0.25) is 0 Å². The first-order chi connectivity index (χ1) is 6.85. The van der Waals surface area contributed by atoms with E-state index in [1.54, 1.807) is 19.5 Å². The minimum Gasteiger partial charge on any atom is -0.480 e. The number of hydrogen-bond acceptors (Lipinski definition) is 4. The number of nitrogens with zero attached hydrogens (tertiary/aromatic N) is 2. The number of ether oxygens (including phenoxy) is 1. The van der Waals surface area contributed by atoms with Crippen LogP contribution in [0.25, 0.3) is 0 Å². The van der Waals surface area contributed by atoms with Crippen molar-refractivity contribution in [3.05, 3.63) is 18.1 Å². The molecule has 14 heavy (non-hydrogen) atoms. The Hall–Kier alpha value is -1.16. The summed E-state index contributed by atoms with van der Waals surface area (Å²) >= 11 is 0. The van der Waals surface area contributed by atoms with Gasteiger partial charge in [0.05, 0.1) is 25.2 Å². The van der Waals surface area contributed by atoms with Gasteiger partial charge in [0, 0.05) is 5.92 Å². The summed E-state index contributed by atoms with van der Waals surface area (Å²) in [7, 11) is 1.59. The first-order valence-corrected chi connectivity index (χ1v) is 4.91. The van der Waals surface area contributed by atoms with Crippen LogP contribution in [0.3, 0.4) is 0 Å². The van der Waals surface area contributed by atoms with Gasteiger partial charge in [-0.15, -0.1) is 0 Å². The first kappa shape index (κ1) is 9.40. The molecule has 76 valence electrons. The molecule has 0 spiro atoms. The highest BCUT2D eigenvalue weighted by molar-refractivity contribution is 5.14. The van der Waals surface area contributed by atoms with E-state index in [4.69, 9.17) is 10.5 Å². The zero-order valence-corrected chi connectivity index (χ0v) is 8.31. The molecule has 0 amide bonds. The van der Waals surface area contributed by atoms with Gasteiger partial charge >= 0.3 is 0 Å². The third kappa shape index (κ3) is 1.57. The third-order valence-electron chi connectivity index (χ3n) is 2.96. The molecule has 2 rings (SSSR count). The molecule has 1 aromatic heterocycles. The van der Waals surface area contributed by atoms with E-state index in [1.807, 2.05) is 0 Å². The van der Waals surface area contributed by atoms with Gasteiger partial charge in [-0.25, -0.2) is 4.98 Å². The molecule has 4 nitrogen and oxygen atoms in total. The fourth-order valence-corrected chi connectivity index (χ4v) is 1.86. The van der Waals surface area contributed by atoms with Crippen LogP contribution < -0.4 is 10.5 Å². The van der Waals surface area contributed by atoms with Gasteiger partial charge in [-0.3, -0.25) is 4.98 Å². The molecule has 2 N–H and O–H groups in total.